The molecule has 0 aliphatic carbocycles. The minimum atomic E-state index is -0.248. The summed E-state index contributed by atoms with van der Waals surface area (Å²) in [6.07, 6.45) is 1.72. The number of carbonyl (C=O) groups excluding carboxylic acids is 1. The molecule has 0 atom stereocenters. The van der Waals surface area contributed by atoms with E-state index in [9.17, 15) is 9.59 Å². The fourth-order valence-electron chi connectivity index (χ4n) is 3.28. The molecule has 0 fully saturated rings. The Balaban J connectivity index is 1.68. The van der Waals surface area contributed by atoms with E-state index in [4.69, 9.17) is 0 Å². The zero-order chi connectivity index (χ0) is 18.1. The average molecular weight is 346 g/mol. The van der Waals surface area contributed by atoms with Crippen LogP contribution in [0.3, 0.4) is 0 Å². The molecule has 1 N–H and O–H groups in total. The number of amides is 1. The van der Waals surface area contributed by atoms with Gasteiger partial charge in [-0.25, -0.2) is 4.79 Å². The summed E-state index contributed by atoms with van der Waals surface area (Å²) in [5.74, 6) is -0.248. The summed E-state index contributed by atoms with van der Waals surface area (Å²) in [5, 5.41) is 3.77. The Labute approximate surface area is 149 Å². The number of fused-ring (bicyclic) bond motifs is 2. The van der Waals surface area contributed by atoms with Gasteiger partial charge in [-0.2, -0.15) is 0 Å². The molecule has 4 aromatic rings. The van der Waals surface area contributed by atoms with Crippen LogP contribution < -0.4 is 11.0 Å². The molecular weight excluding hydrogens is 328 g/mol. The van der Waals surface area contributed by atoms with Crippen LogP contribution in [0.1, 0.15) is 6.92 Å². The number of pyridine rings is 1. The van der Waals surface area contributed by atoms with Gasteiger partial charge in [0.15, 0.2) is 0 Å². The number of aryl methyl sites for hydroxylation is 1. The molecule has 0 saturated carbocycles. The van der Waals surface area contributed by atoms with Gasteiger partial charge in [-0.3, -0.25) is 18.9 Å². The van der Waals surface area contributed by atoms with Gasteiger partial charge in [0, 0.05) is 18.1 Å². The maximum absolute atomic E-state index is 12.7. The molecule has 0 saturated heterocycles. The summed E-state index contributed by atoms with van der Waals surface area (Å²) in [4.78, 5) is 29.6. The van der Waals surface area contributed by atoms with Crippen molar-refractivity contribution in [3.63, 3.8) is 0 Å². The predicted molar refractivity (Wildman–Crippen MR) is 102 cm³/mol. The van der Waals surface area contributed by atoms with Crippen LogP contribution in [0.5, 0.6) is 0 Å². The number of rotatable bonds is 4. The normalized spacial score (nSPS) is 11.1. The lowest BCUT2D eigenvalue weighted by molar-refractivity contribution is -0.116. The van der Waals surface area contributed by atoms with Crippen molar-refractivity contribution in [1.29, 1.82) is 0 Å². The standard InChI is InChI=1S/C20H18N4O2/c1-2-23-17-10-3-4-11-18(17)24(20(23)26)13-19(25)22-16-9-5-8-15-14(16)7-6-12-21-15/h3-12H,2,13H2,1H3,(H,22,25). The van der Waals surface area contributed by atoms with E-state index in [0.717, 1.165) is 21.9 Å². The number of hydrogen-bond acceptors (Lipinski definition) is 3. The topological polar surface area (TPSA) is 68.9 Å². The third-order valence-corrected chi connectivity index (χ3v) is 4.46. The van der Waals surface area contributed by atoms with Gasteiger partial charge in [-0.1, -0.05) is 18.2 Å². The summed E-state index contributed by atoms with van der Waals surface area (Å²) in [6.45, 7) is 2.44. The minimum absolute atomic E-state index is 0.0387. The largest absolute Gasteiger partial charge is 0.329 e. The molecule has 0 unspecified atom stereocenters. The summed E-state index contributed by atoms with van der Waals surface area (Å²) < 4.78 is 3.18. The summed E-state index contributed by atoms with van der Waals surface area (Å²) in [6, 6.07) is 16.8. The lowest BCUT2D eigenvalue weighted by Gasteiger charge is -2.09. The Morgan fingerprint density at radius 1 is 1.00 bits per heavy atom. The van der Waals surface area contributed by atoms with Gasteiger partial charge in [0.1, 0.15) is 6.54 Å². The second-order valence-corrected chi connectivity index (χ2v) is 6.03. The molecule has 0 aliphatic rings. The highest BCUT2D eigenvalue weighted by Crippen LogP contribution is 2.21. The Morgan fingerprint density at radius 3 is 2.54 bits per heavy atom. The van der Waals surface area contributed by atoms with E-state index in [2.05, 4.69) is 10.3 Å². The van der Waals surface area contributed by atoms with Crippen molar-refractivity contribution in [2.75, 3.05) is 5.32 Å². The number of nitrogens with zero attached hydrogens (tertiary/aromatic N) is 3. The van der Waals surface area contributed by atoms with Crippen LogP contribution in [0.4, 0.5) is 5.69 Å². The van der Waals surface area contributed by atoms with Crippen molar-refractivity contribution in [3.8, 4) is 0 Å². The van der Waals surface area contributed by atoms with Crippen LogP contribution in [-0.2, 0) is 17.9 Å². The Kier molecular flexibility index (Phi) is 4.01. The third-order valence-electron chi connectivity index (χ3n) is 4.46. The summed E-state index contributed by atoms with van der Waals surface area (Å²) >= 11 is 0. The second-order valence-electron chi connectivity index (χ2n) is 6.03. The highest BCUT2D eigenvalue weighted by atomic mass is 16.2. The molecule has 0 aliphatic heterocycles. The number of benzene rings is 2. The van der Waals surface area contributed by atoms with Gasteiger partial charge >= 0.3 is 5.69 Å². The Bertz CT molecular complexity index is 1170. The van der Waals surface area contributed by atoms with Crippen LogP contribution in [0.25, 0.3) is 21.9 Å². The number of aromatic nitrogens is 3. The molecular formula is C20H18N4O2. The van der Waals surface area contributed by atoms with Gasteiger partial charge in [0.2, 0.25) is 5.91 Å². The molecule has 130 valence electrons. The van der Waals surface area contributed by atoms with Crippen molar-refractivity contribution in [3.05, 3.63) is 71.3 Å². The van der Waals surface area contributed by atoms with E-state index in [0.29, 0.717) is 12.2 Å². The van der Waals surface area contributed by atoms with Gasteiger partial charge in [-0.05, 0) is 43.3 Å². The lowest BCUT2D eigenvalue weighted by atomic mass is 10.2. The van der Waals surface area contributed by atoms with Gasteiger partial charge in [-0.15, -0.1) is 0 Å². The quantitative estimate of drug-likeness (QED) is 0.617. The molecule has 0 bridgehead atoms. The van der Waals surface area contributed by atoms with E-state index in [1.807, 2.05) is 61.5 Å². The molecule has 2 heterocycles. The fraction of sp³-hybridized carbons (Fsp3) is 0.150. The number of carbonyl (C=O) groups is 1. The van der Waals surface area contributed by atoms with Crippen molar-refractivity contribution in [1.82, 2.24) is 14.1 Å². The van der Waals surface area contributed by atoms with E-state index in [1.165, 1.54) is 4.57 Å². The van der Waals surface area contributed by atoms with Crippen LogP contribution in [-0.4, -0.2) is 20.0 Å². The molecule has 26 heavy (non-hydrogen) atoms. The van der Waals surface area contributed by atoms with Crippen molar-refractivity contribution in [2.24, 2.45) is 0 Å². The zero-order valence-electron chi connectivity index (χ0n) is 14.3. The third kappa shape index (κ3) is 2.65. The number of imidazole rings is 1. The molecule has 6 nitrogen and oxygen atoms in total. The van der Waals surface area contributed by atoms with Gasteiger partial charge in [0.05, 0.1) is 22.2 Å². The lowest BCUT2D eigenvalue weighted by Crippen LogP contribution is -2.29. The Hall–Kier alpha value is -3.41. The summed E-state index contributed by atoms with van der Waals surface area (Å²) in [7, 11) is 0. The summed E-state index contributed by atoms with van der Waals surface area (Å²) in [5.41, 5.74) is 2.91. The number of nitrogens with one attached hydrogen (secondary N) is 1. The highest BCUT2D eigenvalue weighted by Gasteiger charge is 2.15. The monoisotopic (exact) mass is 346 g/mol. The maximum Gasteiger partial charge on any atom is 0.329 e. The van der Waals surface area contributed by atoms with Crippen LogP contribution in [0.2, 0.25) is 0 Å². The van der Waals surface area contributed by atoms with E-state index >= 15 is 0 Å². The molecule has 2 aromatic carbocycles. The number of hydrogen-bond donors (Lipinski definition) is 1. The first-order valence-electron chi connectivity index (χ1n) is 8.50. The van der Waals surface area contributed by atoms with Gasteiger partial charge in [0.25, 0.3) is 0 Å². The first-order valence-corrected chi connectivity index (χ1v) is 8.50. The van der Waals surface area contributed by atoms with Gasteiger partial charge < -0.3 is 5.32 Å². The second kappa shape index (κ2) is 6.48. The molecule has 6 heteroatoms. The maximum atomic E-state index is 12.7. The number of anilines is 1. The molecule has 4 rings (SSSR count). The molecule has 1 amide bonds. The molecule has 0 spiro atoms. The molecule has 2 aromatic heterocycles. The fourth-order valence-corrected chi connectivity index (χ4v) is 3.28. The van der Waals surface area contributed by atoms with Crippen LogP contribution in [0.15, 0.2) is 65.6 Å². The van der Waals surface area contributed by atoms with E-state index < -0.39 is 0 Å². The minimum Gasteiger partial charge on any atom is -0.324 e. The SMILES string of the molecule is CCn1c(=O)n(CC(=O)Nc2cccc3ncccc23)c2ccccc21. The zero-order valence-corrected chi connectivity index (χ0v) is 14.3. The van der Waals surface area contributed by atoms with Crippen LogP contribution in [0, 0.1) is 0 Å². The first-order chi connectivity index (χ1) is 12.7. The van der Waals surface area contributed by atoms with Crippen molar-refractivity contribution < 1.29 is 4.79 Å². The van der Waals surface area contributed by atoms with Crippen LogP contribution >= 0.6 is 0 Å². The predicted octanol–water partition coefficient (Wildman–Crippen LogP) is 3.01. The first kappa shape index (κ1) is 16.1. The number of para-hydroxylation sites is 2. The highest BCUT2D eigenvalue weighted by molar-refractivity contribution is 6.01. The Morgan fingerprint density at radius 2 is 1.77 bits per heavy atom. The van der Waals surface area contributed by atoms with Crippen molar-refractivity contribution >= 4 is 33.5 Å². The van der Waals surface area contributed by atoms with E-state index in [1.54, 1.807) is 10.8 Å². The smallest absolute Gasteiger partial charge is 0.324 e. The molecule has 0 radical (unpaired) electrons. The average Bonchev–Trinajstić information content (AvgIpc) is 2.93. The van der Waals surface area contributed by atoms with Crippen molar-refractivity contribution in [2.45, 2.75) is 20.0 Å². The van der Waals surface area contributed by atoms with E-state index in [-0.39, 0.29) is 18.1 Å².